The second kappa shape index (κ2) is 6.23. The Hall–Kier alpha value is -1.03. The third-order valence-electron chi connectivity index (χ3n) is 3.14. The Balaban J connectivity index is 1.89. The van der Waals surface area contributed by atoms with Gasteiger partial charge in [-0.3, -0.25) is 4.79 Å². The fraction of sp³-hybridized carbons (Fsp3) is 0.500. The standard InChI is InChI=1S/C14H18BrNO2/c1-2-12(15)5-7-16-14(17)11-3-4-13-10(9-11)6-8-18-13/h3-4,9,12H,2,5-8H2,1H3,(H,16,17). The molecule has 0 aliphatic carbocycles. The maximum atomic E-state index is 11.9. The Labute approximate surface area is 116 Å². The van der Waals surface area contributed by atoms with Gasteiger partial charge in [0.05, 0.1) is 6.61 Å². The average molecular weight is 312 g/mol. The molecule has 4 heteroatoms. The average Bonchev–Trinajstić information content (AvgIpc) is 2.85. The van der Waals surface area contributed by atoms with Crippen molar-refractivity contribution in [2.24, 2.45) is 0 Å². The van der Waals surface area contributed by atoms with Gasteiger partial charge in [-0.15, -0.1) is 0 Å². The predicted molar refractivity (Wildman–Crippen MR) is 75.6 cm³/mol. The monoisotopic (exact) mass is 311 g/mol. The Bertz CT molecular complexity index is 434. The summed E-state index contributed by atoms with van der Waals surface area (Å²) in [6, 6.07) is 5.64. The van der Waals surface area contributed by atoms with Gasteiger partial charge in [-0.1, -0.05) is 22.9 Å². The lowest BCUT2D eigenvalue weighted by molar-refractivity contribution is 0.0953. The predicted octanol–water partition coefficient (Wildman–Crippen LogP) is 2.91. The fourth-order valence-electron chi connectivity index (χ4n) is 1.98. The summed E-state index contributed by atoms with van der Waals surface area (Å²) in [6.45, 7) is 3.56. The summed E-state index contributed by atoms with van der Waals surface area (Å²) in [5.41, 5.74) is 1.86. The molecule has 1 aliphatic heterocycles. The molecule has 0 saturated carbocycles. The van der Waals surface area contributed by atoms with E-state index in [-0.39, 0.29) is 5.91 Å². The summed E-state index contributed by atoms with van der Waals surface area (Å²) in [5.74, 6) is 0.915. The first-order valence-electron chi connectivity index (χ1n) is 6.38. The number of halogens is 1. The molecule has 2 rings (SSSR count). The molecule has 1 aromatic carbocycles. The van der Waals surface area contributed by atoms with Crippen molar-refractivity contribution in [3.8, 4) is 5.75 Å². The lowest BCUT2D eigenvalue weighted by atomic mass is 10.1. The van der Waals surface area contributed by atoms with Gasteiger partial charge in [0.1, 0.15) is 5.75 Å². The first kappa shape index (κ1) is 13.4. The van der Waals surface area contributed by atoms with Crippen LogP contribution in [0.1, 0.15) is 35.7 Å². The van der Waals surface area contributed by atoms with E-state index in [2.05, 4.69) is 28.2 Å². The van der Waals surface area contributed by atoms with Crippen LogP contribution in [-0.2, 0) is 6.42 Å². The van der Waals surface area contributed by atoms with Crippen molar-refractivity contribution in [2.45, 2.75) is 31.0 Å². The summed E-state index contributed by atoms with van der Waals surface area (Å²) in [6.07, 6.45) is 2.93. The molecule has 1 amide bonds. The summed E-state index contributed by atoms with van der Waals surface area (Å²) >= 11 is 3.56. The second-order valence-electron chi connectivity index (χ2n) is 4.47. The van der Waals surface area contributed by atoms with Gasteiger partial charge < -0.3 is 10.1 Å². The van der Waals surface area contributed by atoms with Gasteiger partial charge >= 0.3 is 0 Å². The van der Waals surface area contributed by atoms with E-state index >= 15 is 0 Å². The van der Waals surface area contributed by atoms with Crippen molar-refractivity contribution in [1.29, 1.82) is 0 Å². The Morgan fingerprint density at radius 2 is 2.39 bits per heavy atom. The zero-order valence-electron chi connectivity index (χ0n) is 10.5. The number of nitrogens with one attached hydrogen (secondary N) is 1. The molecule has 0 bridgehead atoms. The van der Waals surface area contributed by atoms with E-state index in [1.165, 1.54) is 0 Å². The number of hydrogen-bond acceptors (Lipinski definition) is 2. The van der Waals surface area contributed by atoms with Crippen molar-refractivity contribution in [1.82, 2.24) is 5.32 Å². The fourth-order valence-corrected chi connectivity index (χ4v) is 2.21. The number of benzene rings is 1. The lowest BCUT2D eigenvalue weighted by Crippen LogP contribution is -2.26. The topological polar surface area (TPSA) is 38.3 Å². The number of ether oxygens (including phenoxy) is 1. The van der Waals surface area contributed by atoms with Crippen molar-refractivity contribution >= 4 is 21.8 Å². The molecular weight excluding hydrogens is 294 g/mol. The van der Waals surface area contributed by atoms with Gasteiger partial charge in [-0.05, 0) is 36.6 Å². The highest BCUT2D eigenvalue weighted by Crippen LogP contribution is 2.25. The SMILES string of the molecule is CCC(Br)CCNC(=O)c1ccc2c(c1)CCO2. The zero-order valence-corrected chi connectivity index (χ0v) is 12.1. The van der Waals surface area contributed by atoms with Crippen LogP contribution >= 0.6 is 15.9 Å². The zero-order chi connectivity index (χ0) is 13.0. The molecule has 1 atom stereocenters. The van der Waals surface area contributed by atoms with Gasteiger partial charge in [0.25, 0.3) is 5.91 Å². The largest absolute Gasteiger partial charge is 0.493 e. The maximum Gasteiger partial charge on any atom is 0.251 e. The van der Waals surface area contributed by atoms with E-state index in [0.717, 1.165) is 42.7 Å². The van der Waals surface area contributed by atoms with Crippen LogP contribution in [0.3, 0.4) is 0 Å². The van der Waals surface area contributed by atoms with Crippen LogP contribution in [-0.4, -0.2) is 23.9 Å². The van der Waals surface area contributed by atoms with Crippen molar-refractivity contribution in [3.05, 3.63) is 29.3 Å². The molecule has 1 N–H and O–H groups in total. The van der Waals surface area contributed by atoms with E-state index < -0.39 is 0 Å². The van der Waals surface area contributed by atoms with Crippen LogP contribution in [0.25, 0.3) is 0 Å². The van der Waals surface area contributed by atoms with Crippen molar-refractivity contribution in [3.63, 3.8) is 0 Å². The third kappa shape index (κ3) is 3.25. The van der Waals surface area contributed by atoms with Crippen LogP contribution in [0.5, 0.6) is 5.75 Å². The van der Waals surface area contributed by atoms with E-state index in [9.17, 15) is 4.79 Å². The molecule has 18 heavy (non-hydrogen) atoms. The van der Waals surface area contributed by atoms with Gasteiger partial charge in [0, 0.05) is 23.4 Å². The van der Waals surface area contributed by atoms with Crippen molar-refractivity contribution in [2.75, 3.05) is 13.2 Å². The minimum Gasteiger partial charge on any atom is -0.493 e. The lowest BCUT2D eigenvalue weighted by Gasteiger charge is -2.09. The van der Waals surface area contributed by atoms with Crippen LogP contribution in [0.2, 0.25) is 0 Å². The maximum absolute atomic E-state index is 11.9. The smallest absolute Gasteiger partial charge is 0.251 e. The Morgan fingerprint density at radius 1 is 1.56 bits per heavy atom. The molecule has 98 valence electrons. The third-order valence-corrected chi connectivity index (χ3v) is 4.24. The molecule has 3 nitrogen and oxygen atoms in total. The molecule has 0 fully saturated rings. The van der Waals surface area contributed by atoms with E-state index in [0.29, 0.717) is 11.4 Å². The van der Waals surface area contributed by atoms with E-state index in [1.807, 2.05) is 18.2 Å². The summed E-state index contributed by atoms with van der Waals surface area (Å²) in [7, 11) is 0. The summed E-state index contributed by atoms with van der Waals surface area (Å²) < 4.78 is 5.42. The number of carbonyl (C=O) groups is 1. The van der Waals surface area contributed by atoms with E-state index in [4.69, 9.17) is 4.74 Å². The quantitative estimate of drug-likeness (QED) is 0.849. The summed E-state index contributed by atoms with van der Waals surface area (Å²) in [4.78, 5) is 12.4. The first-order chi connectivity index (χ1) is 8.70. The second-order valence-corrected chi connectivity index (χ2v) is 5.77. The molecule has 1 unspecified atom stereocenters. The Kier molecular flexibility index (Phi) is 4.64. The molecule has 0 saturated heterocycles. The van der Waals surface area contributed by atoms with Gasteiger partial charge in [0.15, 0.2) is 0 Å². The van der Waals surface area contributed by atoms with Crippen LogP contribution in [0.15, 0.2) is 18.2 Å². The normalized spacial score (nSPS) is 14.8. The minimum atomic E-state index is 0.000466. The van der Waals surface area contributed by atoms with Gasteiger partial charge in [0.2, 0.25) is 0 Å². The van der Waals surface area contributed by atoms with Crippen LogP contribution < -0.4 is 10.1 Å². The number of alkyl halides is 1. The van der Waals surface area contributed by atoms with Crippen molar-refractivity contribution < 1.29 is 9.53 Å². The molecular formula is C14H18BrNO2. The number of rotatable bonds is 5. The molecule has 0 aromatic heterocycles. The number of carbonyl (C=O) groups excluding carboxylic acids is 1. The Morgan fingerprint density at radius 3 is 3.17 bits per heavy atom. The van der Waals surface area contributed by atoms with Gasteiger partial charge in [-0.25, -0.2) is 0 Å². The molecule has 0 spiro atoms. The van der Waals surface area contributed by atoms with E-state index in [1.54, 1.807) is 0 Å². The summed E-state index contributed by atoms with van der Waals surface area (Å²) in [5, 5.41) is 2.95. The molecule has 1 heterocycles. The number of fused-ring (bicyclic) bond motifs is 1. The minimum absolute atomic E-state index is 0.000466. The highest BCUT2D eigenvalue weighted by molar-refractivity contribution is 9.09. The van der Waals surface area contributed by atoms with Crippen LogP contribution in [0.4, 0.5) is 0 Å². The molecule has 1 aromatic rings. The van der Waals surface area contributed by atoms with Gasteiger partial charge in [-0.2, -0.15) is 0 Å². The highest BCUT2D eigenvalue weighted by atomic mass is 79.9. The molecule has 1 aliphatic rings. The van der Waals surface area contributed by atoms with Crippen LogP contribution in [0, 0.1) is 0 Å². The number of hydrogen-bond donors (Lipinski definition) is 1. The highest BCUT2D eigenvalue weighted by Gasteiger charge is 2.14. The number of amides is 1. The molecule has 0 radical (unpaired) electrons. The first-order valence-corrected chi connectivity index (χ1v) is 7.30.